The van der Waals surface area contributed by atoms with Crippen molar-refractivity contribution in [2.75, 3.05) is 13.1 Å². The Bertz CT molecular complexity index is 649. The number of hydrogen-bond donors (Lipinski definition) is 5. The van der Waals surface area contributed by atoms with Crippen molar-refractivity contribution < 1.29 is 74.1 Å². The van der Waals surface area contributed by atoms with Crippen molar-refractivity contribution in [1.29, 1.82) is 0 Å². The number of nitrogens with zero attached hydrogens (tertiary/aromatic N) is 5. The van der Waals surface area contributed by atoms with Crippen molar-refractivity contribution in [1.82, 2.24) is 19.9 Å². The molecule has 7 N–H and O–H groups in total. The van der Waals surface area contributed by atoms with E-state index in [9.17, 15) is 9.59 Å². The number of imidazole rings is 2. The van der Waals surface area contributed by atoms with Crippen LogP contribution in [0.25, 0.3) is 22.1 Å². The van der Waals surface area contributed by atoms with E-state index >= 15 is 0 Å². The number of aromatic amines is 1. The molecule has 0 aliphatic rings. The number of carbonyl (C=O) groups excluding carboxylic acids is 2. The van der Waals surface area contributed by atoms with Crippen LogP contribution in [0.4, 0.5) is 0 Å². The van der Waals surface area contributed by atoms with Crippen molar-refractivity contribution in [2.45, 2.75) is 52.6 Å². The molecule has 20 heteroatoms. The fraction of sp³-hybridized carbons (Fsp3) is 0.455. The Morgan fingerprint density at radius 2 is 1.29 bits per heavy atom. The van der Waals surface area contributed by atoms with Crippen LogP contribution in [-0.4, -0.2) is 73.0 Å². The Labute approximate surface area is 268 Å². The third-order valence-corrected chi connectivity index (χ3v) is 3.35. The van der Waals surface area contributed by atoms with Gasteiger partial charge < -0.3 is 96.4 Å². The first kappa shape index (κ1) is 67.4. The van der Waals surface area contributed by atoms with Gasteiger partial charge in [-0.15, -0.1) is 0 Å². The van der Waals surface area contributed by atoms with E-state index in [1.807, 2.05) is 0 Å². The van der Waals surface area contributed by atoms with Gasteiger partial charge in [-0.25, -0.2) is 4.98 Å². The predicted molar refractivity (Wildman–Crippen MR) is 150 cm³/mol. The molecule has 0 radical (unpaired) electrons. The zero-order valence-electron chi connectivity index (χ0n) is 21.7. The van der Waals surface area contributed by atoms with Gasteiger partial charge in [-0.1, -0.05) is 45.2 Å². The fourth-order valence-electron chi connectivity index (χ4n) is 1.96. The van der Waals surface area contributed by atoms with E-state index in [4.69, 9.17) is 52.9 Å². The predicted octanol–water partition coefficient (Wildman–Crippen LogP) is 2.52. The van der Waals surface area contributed by atoms with Crippen LogP contribution in [0.1, 0.15) is 39.1 Å². The number of aromatic nitrogens is 4. The van der Waals surface area contributed by atoms with Gasteiger partial charge in [0.15, 0.2) is 0 Å². The smallest absolute Gasteiger partial charge is 0.0921 e. The monoisotopic (exact) mass is 695 g/mol. The van der Waals surface area contributed by atoms with Crippen LogP contribution in [-0.2, 0) is 55.4 Å². The van der Waals surface area contributed by atoms with Gasteiger partial charge >= 0.3 is 0 Å². The minimum absolute atomic E-state index is 0. The SMILES string of the molecule is C.C.O=O.OO.[CH2-]CC[N-]C(=O)[C@@H]([NH-])Cc1cnc[n-]1.[CH2-]CC[N-]C(=O)[C@@H]([NH-])Cc1cnc[nH]1.[CH3-].[CH3-].[Ni].[Ni].[O-]O.[O-]O. The summed E-state index contributed by atoms with van der Waals surface area (Å²) in [5.41, 5.74) is 16.5. The van der Waals surface area contributed by atoms with Crippen LogP contribution in [0.5, 0.6) is 0 Å². The minimum Gasteiger partial charge on any atom is -0.727 e. The summed E-state index contributed by atoms with van der Waals surface area (Å²) < 4.78 is 0. The maximum absolute atomic E-state index is 11.2. The molecule has 0 unspecified atom stereocenters. The van der Waals surface area contributed by atoms with Crippen molar-refractivity contribution >= 4 is 11.8 Å². The van der Waals surface area contributed by atoms with Crippen molar-refractivity contribution in [3.8, 4) is 0 Å². The van der Waals surface area contributed by atoms with Crippen LogP contribution in [0.3, 0.4) is 0 Å². The molecule has 0 spiro atoms. The third kappa shape index (κ3) is 39.8. The molecule has 42 heavy (non-hydrogen) atoms. The fourth-order valence-corrected chi connectivity index (χ4v) is 1.96. The Kier molecular flexibility index (Phi) is 87.7. The molecule has 0 bridgehead atoms. The first-order chi connectivity index (χ1) is 17.5. The molecule has 2 atom stereocenters. The topological polar surface area (TPSA) is 327 Å². The van der Waals surface area contributed by atoms with Crippen LogP contribution in [0, 0.1) is 38.6 Å². The molecule has 2 aromatic heterocycles. The average molecular weight is 697 g/mol. The Hall–Kier alpha value is -2.37. The molecule has 0 saturated heterocycles. The van der Waals surface area contributed by atoms with Crippen LogP contribution in [0.2, 0.25) is 0 Å². The van der Waals surface area contributed by atoms with E-state index < -0.39 is 18.0 Å². The molecule has 0 aromatic carbocycles. The van der Waals surface area contributed by atoms with Crippen LogP contribution >= 0.6 is 0 Å². The molecule has 0 fully saturated rings. The number of H-pyrrole nitrogens is 1. The van der Waals surface area contributed by atoms with E-state index in [0.717, 1.165) is 5.69 Å². The second-order valence-electron chi connectivity index (χ2n) is 5.75. The molecular formula is C22H43N8Ni2O10-11. The van der Waals surface area contributed by atoms with Gasteiger partial charge in [0.25, 0.3) is 0 Å². The summed E-state index contributed by atoms with van der Waals surface area (Å²) in [6.45, 7) is 7.92. The molecule has 18 nitrogen and oxygen atoms in total. The van der Waals surface area contributed by atoms with E-state index in [-0.39, 0.29) is 75.0 Å². The average Bonchev–Trinajstić information content (AvgIpc) is 3.65. The Morgan fingerprint density at radius 1 is 0.881 bits per heavy atom. The first-order valence-corrected chi connectivity index (χ1v) is 9.53. The quantitative estimate of drug-likeness (QED) is 0.103. The van der Waals surface area contributed by atoms with Gasteiger partial charge in [0.1, 0.15) is 0 Å². The molecule has 0 aliphatic heterocycles. The first-order valence-electron chi connectivity index (χ1n) is 9.53. The van der Waals surface area contributed by atoms with Crippen LogP contribution < -0.4 is 15.5 Å². The summed E-state index contributed by atoms with van der Waals surface area (Å²) in [5, 5.41) is 45.4. The van der Waals surface area contributed by atoms with Crippen LogP contribution in [0.15, 0.2) is 25.0 Å². The molecule has 2 aromatic rings. The molecule has 0 aliphatic carbocycles. The molecule has 2 amide bonds. The molecule has 2 heterocycles. The van der Waals surface area contributed by atoms with Gasteiger partial charge in [0.05, 0.1) is 6.33 Å². The van der Waals surface area contributed by atoms with Gasteiger partial charge in [0.2, 0.25) is 0 Å². The second kappa shape index (κ2) is 54.7. The van der Waals surface area contributed by atoms with E-state index in [1.54, 1.807) is 12.4 Å². The molecule has 0 saturated carbocycles. The summed E-state index contributed by atoms with van der Waals surface area (Å²) in [6.07, 6.45) is 7.86. The number of carbonyl (C=O) groups is 2. The largest absolute Gasteiger partial charge is 0.727 e. The summed E-state index contributed by atoms with van der Waals surface area (Å²) in [7, 11) is 0. The van der Waals surface area contributed by atoms with Crippen molar-refractivity contribution in [2.24, 2.45) is 0 Å². The number of rotatable bonds is 10. The summed E-state index contributed by atoms with van der Waals surface area (Å²) in [4.78, 5) is 50.7. The zero-order chi connectivity index (χ0) is 28.8. The van der Waals surface area contributed by atoms with E-state index in [2.05, 4.69) is 44.4 Å². The van der Waals surface area contributed by atoms with Gasteiger partial charge in [-0.3, -0.25) is 10.5 Å². The summed E-state index contributed by atoms with van der Waals surface area (Å²) >= 11 is 0. The molecular weight excluding hydrogens is 654 g/mol. The normalized spacial score (nSPS) is 8.81. The Balaban J connectivity index is -0.0000000440. The standard InChI is InChI=1S/C9H14N4O.C9H13N4O.2CH4.2CH3.2Ni.3H2O2.O2/c2*1-2-3-12-9(14)8(10)4-7-5-11-6-13-7;;;;;;;4*1-2/h5-6,8,10H,1-4H2,(H2,11,12,13,14);5-6,8,10H,1-4H2,(H-,11,12,13,14);2*1H4;2*1H3;;;3*1-2H;/q-2;-3;;;2*-1;;;;;;/p-4/t2*8-;;;;;;;;;;/m00........../s1. The number of amides is 2. The van der Waals surface area contributed by atoms with E-state index in [1.165, 1.54) is 12.7 Å². The summed E-state index contributed by atoms with van der Waals surface area (Å²) in [6, 6.07) is -1.69. The van der Waals surface area contributed by atoms with Gasteiger partial charge in [-0.2, -0.15) is 25.9 Å². The van der Waals surface area contributed by atoms with Gasteiger partial charge in [0, 0.05) is 66.6 Å². The number of nitrogens with one attached hydrogen (secondary N) is 3. The maximum atomic E-state index is 11.2. The Morgan fingerprint density at radius 3 is 1.60 bits per heavy atom. The molecule has 262 valence electrons. The number of hydrogen-bond acceptors (Lipinski definition) is 12. The maximum Gasteiger partial charge on any atom is 0.0921 e. The van der Waals surface area contributed by atoms with Crippen molar-refractivity contribution in [3.05, 3.63) is 97.2 Å². The minimum atomic E-state index is -0.863. The van der Waals surface area contributed by atoms with Gasteiger partial charge in [-0.05, 0) is 12.8 Å². The van der Waals surface area contributed by atoms with Crippen molar-refractivity contribution in [3.63, 3.8) is 0 Å². The summed E-state index contributed by atoms with van der Waals surface area (Å²) in [5.74, 6) is -0.792. The zero-order valence-corrected chi connectivity index (χ0v) is 23.7. The second-order valence-corrected chi connectivity index (χ2v) is 5.75. The van der Waals surface area contributed by atoms with E-state index in [0.29, 0.717) is 38.0 Å². The molecule has 2 rings (SSSR count). The third-order valence-electron chi connectivity index (χ3n) is 3.35.